The highest BCUT2D eigenvalue weighted by atomic mass is 32.2. The van der Waals surface area contributed by atoms with Gasteiger partial charge in [0.25, 0.3) is 5.24 Å². The minimum absolute atomic E-state index is 0.203. The van der Waals surface area contributed by atoms with E-state index in [2.05, 4.69) is 10.3 Å². The third-order valence-corrected chi connectivity index (χ3v) is 6.82. The molecule has 0 aliphatic carbocycles. The minimum atomic E-state index is -4.40. The van der Waals surface area contributed by atoms with E-state index in [0.717, 1.165) is 40.5 Å². The Hall–Kier alpha value is -3.99. The van der Waals surface area contributed by atoms with E-state index in [1.807, 2.05) is 23.7 Å². The summed E-state index contributed by atoms with van der Waals surface area (Å²) in [4.78, 5) is 27.7. The van der Waals surface area contributed by atoms with E-state index in [1.54, 1.807) is 30.3 Å². The summed E-state index contributed by atoms with van der Waals surface area (Å²) in [6.07, 6.45) is -3.95. The predicted molar refractivity (Wildman–Crippen MR) is 132 cm³/mol. The molecule has 0 spiro atoms. The molecule has 4 aromatic rings. The van der Waals surface area contributed by atoms with Crippen molar-refractivity contribution in [1.29, 1.82) is 0 Å². The first-order chi connectivity index (χ1) is 17.7. The Labute approximate surface area is 213 Å². The number of thioether (sulfide) groups is 1. The van der Waals surface area contributed by atoms with E-state index in [9.17, 15) is 22.8 Å². The number of aromatic nitrogens is 2. The van der Waals surface area contributed by atoms with Crippen LogP contribution in [0, 0.1) is 0 Å². The van der Waals surface area contributed by atoms with Crippen molar-refractivity contribution in [3.63, 3.8) is 0 Å². The Kier molecular flexibility index (Phi) is 6.55. The van der Waals surface area contributed by atoms with Crippen LogP contribution in [0.1, 0.15) is 17.0 Å². The zero-order valence-corrected chi connectivity index (χ0v) is 20.2. The zero-order valence-electron chi connectivity index (χ0n) is 19.4. The van der Waals surface area contributed by atoms with Gasteiger partial charge in [0.05, 0.1) is 21.8 Å². The molecule has 1 saturated heterocycles. The Morgan fingerprint density at radius 3 is 2.30 bits per heavy atom. The van der Waals surface area contributed by atoms with Gasteiger partial charge in [-0.3, -0.25) is 14.9 Å². The maximum atomic E-state index is 12.8. The maximum Gasteiger partial charge on any atom is 0.416 e. The second-order valence-electron chi connectivity index (χ2n) is 8.38. The van der Waals surface area contributed by atoms with Gasteiger partial charge in [0.2, 0.25) is 5.91 Å². The maximum absolute atomic E-state index is 12.8. The lowest BCUT2D eigenvalue weighted by Gasteiger charge is -2.10. The van der Waals surface area contributed by atoms with Gasteiger partial charge in [-0.25, -0.2) is 4.98 Å². The van der Waals surface area contributed by atoms with Crippen molar-refractivity contribution in [3.05, 3.63) is 83.7 Å². The minimum Gasteiger partial charge on any atom is -0.486 e. The van der Waals surface area contributed by atoms with Crippen molar-refractivity contribution in [2.75, 3.05) is 0 Å². The summed E-state index contributed by atoms with van der Waals surface area (Å²) in [5, 5.41) is 1.53. The van der Waals surface area contributed by atoms with Crippen LogP contribution in [0.15, 0.2) is 66.7 Å². The Morgan fingerprint density at radius 2 is 1.65 bits per heavy atom. The number of imide groups is 1. The number of imidazole rings is 1. The lowest BCUT2D eigenvalue weighted by atomic mass is 10.1. The number of halogens is 3. The van der Waals surface area contributed by atoms with E-state index >= 15 is 0 Å². The molecule has 7 nitrogen and oxygen atoms in total. The number of amides is 2. The number of aryl methyl sites for hydroxylation is 1. The second kappa shape index (κ2) is 9.81. The highest BCUT2D eigenvalue weighted by Gasteiger charge is 2.31. The molecule has 2 amide bonds. The van der Waals surface area contributed by atoms with Crippen molar-refractivity contribution in [2.24, 2.45) is 7.05 Å². The first kappa shape index (κ1) is 24.7. The van der Waals surface area contributed by atoms with E-state index in [0.29, 0.717) is 29.5 Å². The van der Waals surface area contributed by atoms with Crippen LogP contribution in [0.2, 0.25) is 0 Å². The lowest BCUT2D eigenvalue weighted by molar-refractivity contribution is -0.137. The summed E-state index contributed by atoms with van der Waals surface area (Å²) >= 11 is 0.995. The van der Waals surface area contributed by atoms with Crippen molar-refractivity contribution in [2.45, 2.75) is 24.5 Å². The SMILES string of the molecule is Cn1c(COc2ccc(CC3SC(=O)NC3=O)cc2)nc2ccc(Oc3ccc(C(F)(F)F)cc3)cc21. The van der Waals surface area contributed by atoms with Gasteiger partial charge in [0.15, 0.2) is 0 Å². The third-order valence-electron chi connectivity index (χ3n) is 5.84. The molecule has 37 heavy (non-hydrogen) atoms. The molecule has 1 fully saturated rings. The average Bonchev–Trinajstić information content (AvgIpc) is 3.35. The molecule has 0 saturated carbocycles. The summed E-state index contributed by atoms with van der Waals surface area (Å²) in [7, 11) is 1.84. The number of carbonyl (C=O) groups excluding carboxylic acids is 2. The van der Waals surface area contributed by atoms with Gasteiger partial charge < -0.3 is 14.0 Å². The van der Waals surface area contributed by atoms with Crippen LogP contribution >= 0.6 is 11.8 Å². The summed E-state index contributed by atoms with van der Waals surface area (Å²) < 4.78 is 51.8. The standard InChI is InChI=1S/C26H20F3N3O4S/c1-32-21-13-19(36-18-8-4-16(5-9-18)26(27,28)29)10-11-20(21)30-23(32)14-35-17-6-2-15(3-7-17)12-22-24(33)31-25(34)37-22/h2-11,13,22H,12,14H2,1H3,(H,31,33,34). The van der Waals surface area contributed by atoms with Gasteiger partial charge in [-0.1, -0.05) is 23.9 Å². The van der Waals surface area contributed by atoms with E-state index in [-0.39, 0.29) is 17.8 Å². The fourth-order valence-corrected chi connectivity index (χ4v) is 4.73. The third kappa shape index (κ3) is 5.56. The topological polar surface area (TPSA) is 82.5 Å². The normalized spacial score (nSPS) is 15.7. The summed E-state index contributed by atoms with van der Waals surface area (Å²) in [6.45, 7) is 0.203. The van der Waals surface area contributed by atoms with E-state index in [1.165, 1.54) is 12.1 Å². The average molecular weight is 528 g/mol. The largest absolute Gasteiger partial charge is 0.486 e. The molecule has 1 unspecified atom stereocenters. The van der Waals surface area contributed by atoms with Gasteiger partial charge in [-0.15, -0.1) is 0 Å². The van der Waals surface area contributed by atoms with Crippen LogP contribution in [0.3, 0.4) is 0 Å². The number of ether oxygens (including phenoxy) is 2. The van der Waals surface area contributed by atoms with Crippen LogP contribution in [0.25, 0.3) is 11.0 Å². The highest BCUT2D eigenvalue weighted by molar-refractivity contribution is 8.15. The van der Waals surface area contributed by atoms with Crippen LogP contribution in [-0.4, -0.2) is 25.9 Å². The van der Waals surface area contributed by atoms with Crippen LogP contribution in [0.5, 0.6) is 17.2 Å². The summed E-state index contributed by atoms with van der Waals surface area (Å²) in [5.74, 6) is 1.78. The number of carbonyl (C=O) groups is 2. The molecule has 0 radical (unpaired) electrons. The van der Waals surface area contributed by atoms with Gasteiger partial charge in [0, 0.05) is 13.1 Å². The van der Waals surface area contributed by atoms with Gasteiger partial charge in [-0.2, -0.15) is 13.2 Å². The van der Waals surface area contributed by atoms with Gasteiger partial charge in [-0.05, 0) is 60.5 Å². The number of benzene rings is 3. The van der Waals surface area contributed by atoms with E-state index < -0.39 is 17.0 Å². The molecular formula is C26H20F3N3O4S. The fraction of sp³-hybridized carbons (Fsp3) is 0.192. The van der Waals surface area contributed by atoms with Crippen molar-refractivity contribution < 1.29 is 32.2 Å². The van der Waals surface area contributed by atoms with Crippen LogP contribution in [-0.2, 0) is 31.0 Å². The summed E-state index contributed by atoms with van der Waals surface area (Å²) in [6, 6.07) is 17.1. The zero-order chi connectivity index (χ0) is 26.2. The molecule has 5 rings (SSSR count). The molecule has 1 aliphatic rings. The Morgan fingerprint density at radius 1 is 0.973 bits per heavy atom. The first-order valence-electron chi connectivity index (χ1n) is 11.2. The molecule has 1 aromatic heterocycles. The van der Waals surface area contributed by atoms with Crippen molar-refractivity contribution >= 4 is 33.9 Å². The number of nitrogens with zero attached hydrogens (tertiary/aromatic N) is 2. The highest BCUT2D eigenvalue weighted by Crippen LogP contribution is 2.32. The lowest BCUT2D eigenvalue weighted by Crippen LogP contribution is -2.25. The van der Waals surface area contributed by atoms with Gasteiger partial charge in [0.1, 0.15) is 29.7 Å². The number of hydrogen-bond donors (Lipinski definition) is 1. The van der Waals surface area contributed by atoms with Gasteiger partial charge >= 0.3 is 6.18 Å². The molecule has 1 aliphatic heterocycles. The number of nitrogens with one attached hydrogen (secondary N) is 1. The molecule has 11 heteroatoms. The molecule has 1 N–H and O–H groups in total. The predicted octanol–water partition coefficient (Wildman–Crippen LogP) is 5.86. The number of alkyl halides is 3. The molecule has 1 atom stereocenters. The number of hydrogen-bond acceptors (Lipinski definition) is 6. The van der Waals surface area contributed by atoms with Crippen LogP contribution < -0.4 is 14.8 Å². The van der Waals surface area contributed by atoms with Crippen molar-refractivity contribution in [3.8, 4) is 17.2 Å². The number of rotatable bonds is 7. The van der Waals surface area contributed by atoms with E-state index in [4.69, 9.17) is 9.47 Å². The Bertz CT molecular complexity index is 1470. The monoisotopic (exact) mass is 527 g/mol. The smallest absolute Gasteiger partial charge is 0.416 e. The quantitative estimate of drug-likeness (QED) is 0.324. The fourth-order valence-electron chi connectivity index (χ4n) is 3.87. The molecule has 0 bridgehead atoms. The second-order valence-corrected chi connectivity index (χ2v) is 9.56. The van der Waals surface area contributed by atoms with Crippen molar-refractivity contribution in [1.82, 2.24) is 14.9 Å². The van der Waals surface area contributed by atoms with Crippen LogP contribution in [0.4, 0.5) is 18.0 Å². The first-order valence-corrected chi connectivity index (χ1v) is 12.1. The summed E-state index contributed by atoms with van der Waals surface area (Å²) in [5.41, 5.74) is 1.68. The Balaban J connectivity index is 1.23. The molecule has 3 aromatic carbocycles. The number of fused-ring (bicyclic) bond motifs is 1. The molecule has 190 valence electrons. The molecule has 2 heterocycles. The molecular weight excluding hydrogens is 507 g/mol.